The summed E-state index contributed by atoms with van der Waals surface area (Å²) in [5, 5.41) is 3.81. The van der Waals surface area contributed by atoms with E-state index in [9.17, 15) is 8.42 Å². The lowest BCUT2D eigenvalue weighted by molar-refractivity contribution is 0.595. The number of rotatable bonds is 3. The molecule has 0 saturated carbocycles. The zero-order valence-corrected chi connectivity index (χ0v) is 10.6. The van der Waals surface area contributed by atoms with Gasteiger partial charge in [0.15, 0.2) is 15.0 Å². The molecule has 0 atom stereocenters. The lowest BCUT2D eigenvalue weighted by Crippen LogP contribution is -2.04. The summed E-state index contributed by atoms with van der Waals surface area (Å²) in [6.45, 7) is 0. The van der Waals surface area contributed by atoms with Crippen LogP contribution in [0.25, 0.3) is 0 Å². The van der Waals surface area contributed by atoms with Gasteiger partial charge >= 0.3 is 0 Å². The average molecular weight is 272 g/mol. The number of aromatic nitrogens is 3. The van der Waals surface area contributed by atoms with E-state index in [0.29, 0.717) is 5.56 Å². The number of hydrogen-bond donors (Lipinski definition) is 0. The zero-order valence-electron chi connectivity index (χ0n) is 9.04. The molecule has 7 heteroatoms. The summed E-state index contributed by atoms with van der Waals surface area (Å²) < 4.78 is 25.5. The van der Waals surface area contributed by atoms with Crippen LogP contribution in [0.4, 0.5) is 0 Å². The van der Waals surface area contributed by atoms with Gasteiger partial charge in [-0.15, -0.1) is 0 Å². The highest BCUT2D eigenvalue weighted by atomic mass is 35.5. The van der Waals surface area contributed by atoms with E-state index in [1.807, 2.05) is 0 Å². The fourth-order valence-electron chi connectivity index (χ4n) is 1.42. The summed E-state index contributed by atoms with van der Waals surface area (Å²) in [6, 6.07) is 3.31. The number of sulfone groups is 1. The third kappa shape index (κ3) is 2.65. The van der Waals surface area contributed by atoms with Crippen molar-refractivity contribution in [3.05, 3.63) is 41.4 Å². The van der Waals surface area contributed by atoms with E-state index >= 15 is 0 Å². The fraction of sp³-hybridized carbons (Fsp3) is 0.200. The largest absolute Gasteiger partial charge is 0.273 e. The lowest BCUT2D eigenvalue weighted by atomic mass is 10.3. The third-order valence-electron chi connectivity index (χ3n) is 2.19. The monoisotopic (exact) mass is 271 g/mol. The van der Waals surface area contributed by atoms with E-state index < -0.39 is 9.84 Å². The second-order valence-electron chi connectivity index (χ2n) is 3.57. The van der Waals surface area contributed by atoms with Gasteiger partial charge in [0.25, 0.3) is 0 Å². The van der Waals surface area contributed by atoms with Gasteiger partial charge in [-0.3, -0.25) is 9.67 Å². The number of halogens is 1. The highest BCUT2D eigenvalue weighted by molar-refractivity contribution is 7.90. The molecule has 0 aliphatic rings. The van der Waals surface area contributed by atoms with Crippen molar-refractivity contribution in [1.82, 2.24) is 14.8 Å². The smallest absolute Gasteiger partial charge is 0.187 e. The van der Waals surface area contributed by atoms with Crippen molar-refractivity contribution < 1.29 is 8.42 Å². The van der Waals surface area contributed by atoms with E-state index in [1.165, 1.54) is 10.9 Å². The van der Waals surface area contributed by atoms with E-state index in [-0.39, 0.29) is 15.8 Å². The maximum atomic E-state index is 12.1. The van der Waals surface area contributed by atoms with Gasteiger partial charge in [-0.25, -0.2) is 8.42 Å². The van der Waals surface area contributed by atoms with Crippen LogP contribution in [0.1, 0.15) is 5.56 Å². The highest BCUT2D eigenvalue weighted by Gasteiger charge is 2.21. The molecule has 0 aromatic carbocycles. The molecule has 0 unspecified atom stereocenters. The molecule has 5 nitrogen and oxygen atoms in total. The number of aryl methyl sites for hydroxylation is 1. The summed E-state index contributed by atoms with van der Waals surface area (Å²) in [7, 11) is -1.84. The van der Waals surface area contributed by atoms with Gasteiger partial charge in [0, 0.05) is 25.6 Å². The second-order valence-corrected chi connectivity index (χ2v) is 5.89. The SMILES string of the molecule is Cn1cc(S(=O)(=O)Cc2ccncc2)c(Cl)n1. The number of pyridine rings is 1. The van der Waals surface area contributed by atoms with Gasteiger partial charge in [-0.1, -0.05) is 11.6 Å². The van der Waals surface area contributed by atoms with Crippen LogP contribution in [0.15, 0.2) is 35.6 Å². The van der Waals surface area contributed by atoms with Crippen molar-refractivity contribution in [2.75, 3.05) is 0 Å². The van der Waals surface area contributed by atoms with E-state index in [2.05, 4.69) is 10.1 Å². The van der Waals surface area contributed by atoms with Gasteiger partial charge < -0.3 is 0 Å². The summed E-state index contributed by atoms with van der Waals surface area (Å²) in [6.07, 6.45) is 4.50. The zero-order chi connectivity index (χ0) is 12.5. The lowest BCUT2D eigenvalue weighted by Gasteiger charge is -2.01. The minimum Gasteiger partial charge on any atom is -0.273 e. The van der Waals surface area contributed by atoms with Crippen molar-refractivity contribution in [3.8, 4) is 0 Å². The molecule has 0 N–H and O–H groups in total. The van der Waals surface area contributed by atoms with Crippen LogP contribution in [0.2, 0.25) is 5.15 Å². The molecular formula is C10H10ClN3O2S. The quantitative estimate of drug-likeness (QED) is 0.847. The first-order chi connectivity index (χ1) is 7.99. The molecule has 0 aliphatic heterocycles. The molecule has 90 valence electrons. The van der Waals surface area contributed by atoms with Crippen LogP contribution in [-0.2, 0) is 22.6 Å². The average Bonchev–Trinajstić information content (AvgIpc) is 2.59. The molecule has 0 bridgehead atoms. The fourth-order valence-corrected chi connectivity index (χ4v) is 3.34. The van der Waals surface area contributed by atoms with Crippen LogP contribution in [0, 0.1) is 0 Å². The molecule has 0 radical (unpaired) electrons. The van der Waals surface area contributed by atoms with Crippen LogP contribution in [0.3, 0.4) is 0 Å². The number of nitrogens with zero attached hydrogens (tertiary/aromatic N) is 3. The summed E-state index contributed by atoms with van der Waals surface area (Å²) in [5.41, 5.74) is 0.667. The van der Waals surface area contributed by atoms with Crippen molar-refractivity contribution in [2.45, 2.75) is 10.6 Å². The Morgan fingerprint density at radius 3 is 2.53 bits per heavy atom. The molecule has 2 aromatic rings. The van der Waals surface area contributed by atoms with Gasteiger partial charge in [0.2, 0.25) is 0 Å². The maximum Gasteiger partial charge on any atom is 0.187 e. The Morgan fingerprint density at radius 2 is 2.00 bits per heavy atom. The number of hydrogen-bond acceptors (Lipinski definition) is 4. The van der Waals surface area contributed by atoms with Crippen molar-refractivity contribution in [2.24, 2.45) is 7.05 Å². The second kappa shape index (κ2) is 4.46. The first kappa shape index (κ1) is 12.1. The highest BCUT2D eigenvalue weighted by Crippen LogP contribution is 2.22. The van der Waals surface area contributed by atoms with Gasteiger partial charge in [-0.2, -0.15) is 5.10 Å². The molecule has 0 saturated heterocycles. The minimum atomic E-state index is -3.47. The first-order valence-corrected chi connectivity index (χ1v) is 6.83. The molecule has 2 rings (SSSR count). The van der Waals surface area contributed by atoms with E-state index in [4.69, 9.17) is 11.6 Å². The first-order valence-electron chi connectivity index (χ1n) is 4.80. The Bertz CT molecular complexity index is 622. The molecule has 17 heavy (non-hydrogen) atoms. The Balaban J connectivity index is 2.35. The standard InChI is InChI=1S/C10H10ClN3O2S/c1-14-6-9(10(11)13-14)17(15,16)7-8-2-4-12-5-3-8/h2-6H,7H2,1H3. The molecule has 0 amide bonds. The molecule has 2 heterocycles. The summed E-state index contributed by atoms with van der Waals surface area (Å²) in [4.78, 5) is 3.89. The van der Waals surface area contributed by atoms with Gasteiger partial charge in [-0.05, 0) is 17.7 Å². The Hall–Kier alpha value is -1.40. The normalized spacial score (nSPS) is 11.6. The Morgan fingerprint density at radius 1 is 1.35 bits per heavy atom. The van der Waals surface area contributed by atoms with Crippen LogP contribution in [-0.4, -0.2) is 23.2 Å². The third-order valence-corrected chi connectivity index (χ3v) is 4.27. The maximum absolute atomic E-state index is 12.1. The topological polar surface area (TPSA) is 64.8 Å². The van der Waals surface area contributed by atoms with Gasteiger partial charge in [0.1, 0.15) is 4.90 Å². The molecule has 2 aromatic heterocycles. The Kier molecular flexibility index (Phi) is 3.17. The summed E-state index contributed by atoms with van der Waals surface area (Å²) in [5.74, 6) is -0.110. The summed E-state index contributed by atoms with van der Waals surface area (Å²) >= 11 is 5.77. The Labute approximate surface area is 104 Å². The van der Waals surface area contributed by atoms with E-state index in [1.54, 1.807) is 31.6 Å². The van der Waals surface area contributed by atoms with Crippen molar-refractivity contribution in [3.63, 3.8) is 0 Å². The van der Waals surface area contributed by atoms with Crippen molar-refractivity contribution in [1.29, 1.82) is 0 Å². The van der Waals surface area contributed by atoms with Crippen LogP contribution < -0.4 is 0 Å². The molecule has 0 aliphatic carbocycles. The molecule has 0 spiro atoms. The van der Waals surface area contributed by atoms with Gasteiger partial charge in [0.05, 0.1) is 5.75 Å². The van der Waals surface area contributed by atoms with E-state index in [0.717, 1.165) is 0 Å². The molecule has 0 fully saturated rings. The van der Waals surface area contributed by atoms with Crippen molar-refractivity contribution >= 4 is 21.4 Å². The minimum absolute atomic E-state index is 0.00144. The predicted octanol–water partition coefficient (Wildman–Crippen LogP) is 1.44. The predicted molar refractivity (Wildman–Crippen MR) is 63.3 cm³/mol. The van der Waals surface area contributed by atoms with Crippen LogP contribution in [0.5, 0.6) is 0 Å². The van der Waals surface area contributed by atoms with Crippen LogP contribution >= 0.6 is 11.6 Å². The molecular weight excluding hydrogens is 262 g/mol.